The normalized spacial score (nSPS) is 13.7. The number of hydrogen-bond acceptors (Lipinski definition) is 8. The maximum Gasteiger partial charge on any atom is 0.306 e. The molecular formula is C68H111NO8. The summed E-state index contributed by atoms with van der Waals surface area (Å²) in [6, 6.07) is 0. The van der Waals surface area contributed by atoms with Gasteiger partial charge in [-0.3, -0.25) is 9.59 Å². The molecule has 0 spiro atoms. The Balaban J connectivity index is 4.31. The molecule has 2 unspecified atom stereocenters. The largest absolute Gasteiger partial charge is 0.545 e. The molecule has 0 amide bonds. The van der Waals surface area contributed by atoms with Gasteiger partial charge in [0.15, 0.2) is 12.4 Å². The monoisotopic (exact) mass is 1070 g/mol. The van der Waals surface area contributed by atoms with Crippen molar-refractivity contribution in [1.82, 2.24) is 0 Å². The average molecular weight is 1070 g/mol. The molecule has 77 heavy (non-hydrogen) atoms. The topological polar surface area (TPSA) is 111 Å². The Morgan fingerprint density at radius 2 is 0.701 bits per heavy atom. The van der Waals surface area contributed by atoms with Gasteiger partial charge in [-0.1, -0.05) is 231 Å². The first-order valence-electron chi connectivity index (χ1n) is 30.3. The van der Waals surface area contributed by atoms with Crippen molar-refractivity contribution in [3.63, 3.8) is 0 Å². The van der Waals surface area contributed by atoms with Crippen molar-refractivity contribution in [2.24, 2.45) is 0 Å². The first kappa shape index (κ1) is 72.4. The van der Waals surface area contributed by atoms with Crippen LogP contribution in [0, 0.1) is 0 Å². The zero-order valence-electron chi connectivity index (χ0n) is 49.5. The maximum atomic E-state index is 12.9. The summed E-state index contributed by atoms with van der Waals surface area (Å²) in [7, 11) is 5.90. The van der Waals surface area contributed by atoms with E-state index < -0.39 is 24.3 Å². The summed E-state index contributed by atoms with van der Waals surface area (Å²) < 4.78 is 22.7. The molecular weight excluding hydrogens is 959 g/mol. The van der Waals surface area contributed by atoms with Crippen LogP contribution in [0.5, 0.6) is 0 Å². The summed E-state index contributed by atoms with van der Waals surface area (Å²) in [5, 5.41) is 11.8. The summed E-state index contributed by atoms with van der Waals surface area (Å²) >= 11 is 0. The predicted octanol–water partition coefficient (Wildman–Crippen LogP) is 16.9. The number of quaternary nitrogens is 1. The van der Waals surface area contributed by atoms with Crippen LogP contribution in [0.3, 0.4) is 0 Å². The van der Waals surface area contributed by atoms with Crippen LogP contribution in [0.4, 0.5) is 0 Å². The summed E-state index contributed by atoms with van der Waals surface area (Å²) in [5.74, 6) is -2.34. The molecule has 0 aliphatic heterocycles. The van der Waals surface area contributed by atoms with Gasteiger partial charge < -0.3 is 33.3 Å². The Bertz CT molecular complexity index is 1720. The smallest absolute Gasteiger partial charge is 0.306 e. The number of likely N-dealkylation sites (N-methyl/N-ethyl adjacent to an activating group) is 1. The van der Waals surface area contributed by atoms with E-state index in [2.05, 4.69) is 148 Å². The van der Waals surface area contributed by atoms with E-state index in [-0.39, 0.29) is 38.6 Å². The lowest BCUT2D eigenvalue weighted by Crippen LogP contribution is -2.44. The van der Waals surface area contributed by atoms with Crippen LogP contribution in [0.1, 0.15) is 219 Å². The number of carbonyl (C=O) groups excluding carboxylic acids is 3. The van der Waals surface area contributed by atoms with Crippen LogP contribution < -0.4 is 5.11 Å². The van der Waals surface area contributed by atoms with Crippen molar-refractivity contribution in [2.75, 3.05) is 47.5 Å². The second kappa shape index (κ2) is 57.6. The van der Waals surface area contributed by atoms with E-state index in [0.29, 0.717) is 17.4 Å². The van der Waals surface area contributed by atoms with Gasteiger partial charge in [-0.2, -0.15) is 0 Å². The lowest BCUT2D eigenvalue weighted by atomic mass is 10.0. The lowest BCUT2D eigenvalue weighted by Gasteiger charge is -2.26. The Morgan fingerprint density at radius 3 is 1.05 bits per heavy atom. The molecule has 0 heterocycles. The van der Waals surface area contributed by atoms with Gasteiger partial charge in [-0.15, -0.1) is 0 Å². The summed E-state index contributed by atoms with van der Waals surface area (Å²) in [5.41, 5.74) is 0. The first-order chi connectivity index (χ1) is 37.6. The van der Waals surface area contributed by atoms with E-state index in [1.165, 1.54) is 77.0 Å². The number of carbonyl (C=O) groups is 3. The number of hydrogen-bond donors (Lipinski definition) is 0. The molecule has 0 N–H and O–H groups in total. The van der Waals surface area contributed by atoms with E-state index in [1.807, 2.05) is 21.1 Å². The Kier molecular flexibility index (Phi) is 54.2. The highest BCUT2D eigenvalue weighted by molar-refractivity contribution is 5.70. The van der Waals surface area contributed by atoms with Gasteiger partial charge in [0, 0.05) is 12.8 Å². The highest BCUT2D eigenvalue weighted by atomic mass is 16.7. The summed E-state index contributed by atoms with van der Waals surface area (Å²) in [6.07, 6.45) is 79.3. The summed E-state index contributed by atoms with van der Waals surface area (Å²) in [4.78, 5) is 37.4. The molecule has 9 nitrogen and oxygen atoms in total. The number of rotatable bonds is 54. The minimum absolute atomic E-state index is 0.134. The van der Waals surface area contributed by atoms with Crippen molar-refractivity contribution in [2.45, 2.75) is 232 Å². The van der Waals surface area contributed by atoms with Crippen molar-refractivity contribution in [3.8, 4) is 0 Å². The van der Waals surface area contributed by atoms with E-state index in [1.54, 1.807) is 0 Å². The van der Waals surface area contributed by atoms with Crippen LogP contribution in [0.15, 0.2) is 134 Å². The van der Waals surface area contributed by atoms with Crippen molar-refractivity contribution < 1.29 is 42.9 Å². The molecule has 0 aromatic rings. The van der Waals surface area contributed by atoms with Crippen LogP contribution in [0.2, 0.25) is 0 Å². The molecule has 0 rings (SSSR count). The van der Waals surface area contributed by atoms with E-state index in [4.69, 9.17) is 18.9 Å². The fraction of sp³-hybridized carbons (Fsp3) is 0.632. The minimum atomic E-state index is -1.64. The average Bonchev–Trinajstić information content (AvgIpc) is 3.40. The lowest BCUT2D eigenvalue weighted by molar-refractivity contribution is -0.870. The highest BCUT2D eigenvalue weighted by Crippen LogP contribution is 2.15. The van der Waals surface area contributed by atoms with E-state index >= 15 is 0 Å². The first-order valence-corrected chi connectivity index (χ1v) is 30.3. The predicted molar refractivity (Wildman–Crippen MR) is 324 cm³/mol. The molecule has 0 aromatic carbocycles. The number of esters is 2. The van der Waals surface area contributed by atoms with Crippen LogP contribution in [0.25, 0.3) is 0 Å². The minimum Gasteiger partial charge on any atom is -0.545 e. The number of carboxylic acids is 1. The summed E-state index contributed by atoms with van der Waals surface area (Å²) in [6.45, 7) is 4.47. The molecule has 0 radical (unpaired) electrons. The molecule has 0 saturated heterocycles. The molecule has 0 fully saturated rings. The van der Waals surface area contributed by atoms with Gasteiger partial charge in [0.1, 0.15) is 13.2 Å². The number of carboxylic acid groups (broad SMARTS) is 1. The molecule has 0 aromatic heterocycles. The zero-order chi connectivity index (χ0) is 56.2. The standard InChI is InChI=1S/C68H111NO8/c1-6-8-10-12-14-16-18-20-22-24-26-28-30-32-33-35-36-38-40-42-44-46-48-50-52-54-56-58-65(70)75-62-64(63-76-68(67(72)73)74-61-60-69(3,4)5)77-66(71)59-57-55-53-51-49-47-45-43-41-39-37-34-31-29-27-25-23-21-19-17-15-13-11-9-7-2/h8-11,14-17,20-23,26-29,34,37,41,43,47,49,64,68H,6-7,12-13,18-19,24-25,30-33,35-36,38-40,42,44-46,48,50-63H2,1-5H3/b10-8-,11-9-,16-14-,17-15-,22-20-,23-21-,28-26-,29-27-,37-34-,43-41-,49-47-. The third kappa shape index (κ3) is 58.9. The number of ether oxygens (including phenoxy) is 4. The quantitative estimate of drug-likeness (QED) is 0.0195. The van der Waals surface area contributed by atoms with Crippen LogP contribution in [-0.2, 0) is 33.3 Å². The second-order valence-corrected chi connectivity index (χ2v) is 20.9. The molecule has 2 atom stereocenters. The van der Waals surface area contributed by atoms with Gasteiger partial charge in [-0.25, -0.2) is 0 Å². The second-order valence-electron chi connectivity index (χ2n) is 20.9. The van der Waals surface area contributed by atoms with Crippen molar-refractivity contribution in [1.29, 1.82) is 0 Å². The van der Waals surface area contributed by atoms with Gasteiger partial charge in [-0.05, 0) is 109 Å². The highest BCUT2D eigenvalue weighted by Gasteiger charge is 2.22. The number of nitrogens with zero attached hydrogens (tertiary/aromatic N) is 1. The third-order valence-corrected chi connectivity index (χ3v) is 12.4. The van der Waals surface area contributed by atoms with E-state index in [9.17, 15) is 19.5 Å². The Hall–Kier alpha value is -4.57. The Morgan fingerprint density at radius 1 is 0.390 bits per heavy atom. The van der Waals surface area contributed by atoms with Crippen LogP contribution in [-0.4, -0.2) is 82.3 Å². The van der Waals surface area contributed by atoms with E-state index in [0.717, 1.165) is 109 Å². The number of allylic oxidation sites excluding steroid dienone is 22. The fourth-order valence-electron chi connectivity index (χ4n) is 7.80. The van der Waals surface area contributed by atoms with Crippen LogP contribution >= 0.6 is 0 Å². The van der Waals surface area contributed by atoms with Gasteiger partial charge in [0.05, 0.1) is 40.3 Å². The zero-order valence-corrected chi connectivity index (χ0v) is 49.5. The molecule has 0 bridgehead atoms. The number of unbranched alkanes of at least 4 members (excludes halogenated alkanes) is 17. The fourth-order valence-corrected chi connectivity index (χ4v) is 7.80. The Labute approximate surface area is 471 Å². The molecule has 436 valence electrons. The number of aliphatic carboxylic acids is 1. The molecule has 9 heteroatoms. The molecule has 0 aliphatic carbocycles. The maximum absolute atomic E-state index is 12.9. The van der Waals surface area contributed by atoms with Crippen molar-refractivity contribution in [3.05, 3.63) is 134 Å². The molecule has 0 saturated carbocycles. The van der Waals surface area contributed by atoms with Gasteiger partial charge in [0.2, 0.25) is 0 Å². The molecule has 0 aliphatic rings. The van der Waals surface area contributed by atoms with Crippen molar-refractivity contribution >= 4 is 17.9 Å². The van der Waals surface area contributed by atoms with Gasteiger partial charge >= 0.3 is 11.9 Å². The third-order valence-electron chi connectivity index (χ3n) is 12.4. The SMILES string of the molecule is CC/C=C\C/C=C\C/C=C\C/C=C\C/C=C\C/C=C\C/C=C\CCCCCC(=O)OC(COC(=O)CCCCCCCCCCCCCCCC/C=C\C/C=C\C/C=C\C/C=C\CC)COC(OCC[N+](C)(C)C)C(=O)[O-]. The van der Waals surface area contributed by atoms with Gasteiger partial charge in [0.25, 0.3) is 0 Å².